The van der Waals surface area contributed by atoms with E-state index in [4.69, 9.17) is 5.11 Å². The molecule has 0 aromatic carbocycles. The third-order valence-corrected chi connectivity index (χ3v) is 4.29. The van der Waals surface area contributed by atoms with E-state index in [9.17, 15) is 9.59 Å². The first-order chi connectivity index (χ1) is 9.47. The van der Waals surface area contributed by atoms with E-state index in [0.29, 0.717) is 12.2 Å². The van der Waals surface area contributed by atoms with Crippen molar-refractivity contribution in [1.82, 2.24) is 10.3 Å². The summed E-state index contributed by atoms with van der Waals surface area (Å²) in [6.45, 7) is 1.98. The smallest absolute Gasteiger partial charge is 0.337 e. The van der Waals surface area contributed by atoms with Crippen LogP contribution in [0.5, 0.6) is 0 Å². The number of nitrogens with one attached hydrogen (secondary N) is 1. The van der Waals surface area contributed by atoms with E-state index in [2.05, 4.69) is 26.2 Å². The molecule has 1 amide bonds. The Kier molecular flexibility index (Phi) is 4.51. The van der Waals surface area contributed by atoms with Crippen LogP contribution in [0, 0.1) is 6.92 Å². The normalized spacial score (nSPS) is 10.3. The highest BCUT2D eigenvalue weighted by Gasteiger charge is 2.13. The number of carbonyl (C=O) groups is 2. The van der Waals surface area contributed by atoms with Gasteiger partial charge in [-0.05, 0) is 41.1 Å². The van der Waals surface area contributed by atoms with Crippen molar-refractivity contribution in [2.75, 3.05) is 0 Å². The lowest BCUT2D eigenvalue weighted by Gasteiger charge is -2.05. The molecule has 2 N–H and O–H groups in total. The molecule has 0 bridgehead atoms. The molecule has 20 heavy (non-hydrogen) atoms. The molecule has 0 aliphatic carbocycles. The molecule has 2 aromatic rings. The fourth-order valence-electron chi connectivity index (χ4n) is 1.62. The summed E-state index contributed by atoms with van der Waals surface area (Å²) in [5.41, 5.74) is 0.635. The third kappa shape index (κ3) is 3.43. The predicted octanol–water partition coefficient (Wildman–Crippen LogP) is 2.84. The number of amides is 1. The summed E-state index contributed by atoms with van der Waals surface area (Å²) < 4.78 is 0.978. The first-order valence-electron chi connectivity index (χ1n) is 5.69. The molecule has 2 aromatic heterocycles. The number of carboxylic acids is 1. The van der Waals surface area contributed by atoms with Crippen molar-refractivity contribution in [3.8, 4) is 0 Å². The van der Waals surface area contributed by atoms with Gasteiger partial charge >= 0.3 is 5.97 Å². The Balaban J connectivity index is 2.06. The zero-order valence-corrected chi connectivity index (χ0v) is 12.9. The number of hydrogen-bond acceptors (Lipinski definition) is 4. The lowest BCUT2D eigenvalue weighted by atomic mass is 10.2. The van der Waals surface area contributed by atoms with Gasteiger partial charge in [-0.25, -0.2) is 9.78 Å². The van der Waals surface area contributed by atoms with Crippen LogP contribution in [0.25, 0.3) is 0 Å². The van der Waals surface area contributed by atoms with Crippen molar-refractivity contribution in [3.05, 3.63) is 49.9 Å². The van der Waals surface area contributed by atoms with Crippen molar-refractivity contribution in [2.24, 2.45) is 0 Å². The molecule has 0 radical (unpaired) electrons. The minimum atomic E-state index is -1.05. The van der Waals surface area contributed by atoms with Crippen LogP contribution in [0.2, 0.25) is 0 Å². The summed E-state index contributed by atoms with van der Waals surface area (Å²) in [5, 5.41) is 13.6. The molecule has 0 aliphatic heterocycles. The number of aromatic carboxylic acids is 1. The molecule has 2 rings (SSSR count). The van der Waals surface area contributed by atoms with Crippen LogP contribution in [0.15, 0.2) is 28.1 Å². The summed E-state index contributed by atoms with van der Waals surface area (Å²) in [7, 11) is 0. The lowest BCUT2D eigenvalue weighted by Crippen LogP contribution is -2.24. The first-order valence-corrected chi connectivity index (χ1v) is 7.36. The van der Waals surface area contributed by atoms with Gasteiger partial charge in [0, 0.05) is 14.7 Å². The largest absolute Gasteiger partial charge is 0.478 e. The van der Waals surface area contributed by atoms with Crippen molar-refractivity contribution < 1.29 is 14.7 Å². The fourth-order valence-corrected chi connectivity index (χ4v) is 3.01. The third-order valence-electron chi connectivity index (χ3n) is 2.59. The average Bonchev–Trinajstić information content (AvgIpc) is 2.81. The number of hydrogen-bond donors (Lipinski definition) is 2. The Bertz CT molecular complexity index is 669. The Morgan fingerprint density at radius 1 is 1.45 bits per heavy atom. The van der Waals surface area contributed by atoms with Gasteiger partial charge in [-0.1, -0.05) is 0 Å². The van der Waals surface area contributed by atoms with Gasteiger partial charge in [-0.15, -0.1) is 11.3 Å². The van der Waals surface area contributed by atoms with Crippen LogP contribution in [-0.2, 0) is 6.54 Å². The zero-order chi connectivity index (χ0) is 14.7. The SMILES string of the molecule is Cc1nc(C(=O)NCc2cc(Br)cs2)ccc1C(=O)O. The van der Waals surface area contributed by atoms with E-state index >= 15 is 0 Å². The Morgan fingerprint density at radius 2 is 2.20 bits per heavy atom. The molecule has 0 fully saturated rings. The topological polar surface area (TPSA) is 79.3 Å². The van der Waals surface area contributed by atoms with E-state index in [-0.39, 0.29) is 17.2 Å². The minimum absolute atomic E-state index is 0.101. The lowest BCUT2D eigenvalue weighted by molar-refractivity contribution is 0.0694. The zero-order valence-electron chi connectivity index (χ0n) is 10.5. The number of halogens is 1. The number of pyridine rings is 1. The van der Waals surface area contributed by atoms with E-state index in [1.54, 1.807) is 6.92 Å². The van der Waals surface area contributed by atoms with Crippen molar-refractivity contribution in [3.63, 3.8) is 0 Å². The summed E-state index contributed by atoms with van der Waals surface area (Å²) in [6.07, 6.45) is 0. The number of carbonyl (C=O) groups excluding carboxylic acids is 1. The molecule has 0 unspecified atom stereocenters. The van der Waals surface area contributed by atoms with E-state index in [1.165, 1.54) is 23.5 Å². The van der Waals surface area contributed by atoms with Gasteiger partial charge in [0.15, 0.2) is 0 Å². The van der Waals surface area contributed by atoms with Crippen LogP contribution in [-0.4, -0.2) is 22.0 Å². The molecule has 0 spiro atoms. The molecule has 7 heteroatoms. The molecule has 0 saturated heterocycles. The van der Waals surface area contributed by atoms with Crippen LogP contribution in [0.4, 0.5) is 0 Å². The van der Waals surface area contributed by atoms with Gasteiger partial charge in [0.2, 0.25) is 0 Å². The second-order valence-electron chi connectivity index (χ2n) is 4.05. The molecule has 104 valence electrons. The van der Waals surface area contributed by atoms with Crippen LogP contribution in [0.1, 0.15) is 31.4 Å². The monoisotopic (exact) mass is 354 g/mol. The molecule has 0 atom stereocenters. The highest BCUT2D eigenvalue weighted by molar-refractivity contribution is 9.10. The summed E-state index contributed by atoms with van der Waals surface area (Å²) in [4.78, 5) is 27.8. The second kappa shape index (κ2) is 6.15. The standard InChI is InChI=1S/C13H11BrN2O3S/c1-7-10(13(18)19)2-3-11(16-7)12(17)15-5-9-4-8(14)6-20-9/h2-4,6H,5H2,1H3,(H,15,17)(H,18,19). The Labute approximate surface area is 127 Å². The van der Waals surface area contributed by atoms with Crippen LogP contribution < -0.4 is 5.32 Å². The molecule has 2 heterocycles. The van der Waals surface area contributed by atoms with Gasteiger partial charge in [-0.2, -0.15) is 0 Å². The first kappa shape index (κ1) is 14.7. The predicted molar refractivity (Wildman–Crippen MR) is 79.1 cm³/mol. The number of rotatable bonds is 4. The summed E-state index contributed by atoms with van der Waals surface area (Å²) >= 11 is 4.88. The van der Waals surface area contributed by atoms with Crippen molar-refractivity contribution in [2.45, 2.75) is 13.5 Å². The molecular weight excluding hydrogens is 344 g/mol. The maximum absolute atomic E-state index is 11.9. The van der Waals surface area contributed by atoms with Crippen LogP contribution >= 0.6 is 27.3 Å². The van der Waals surface area contributed by atoms with Gasteiger partial charge in [0.05, 0.1) is 17.8 Å². The average molecular weight is 355 g/mol. The Hall–Kier alpha value is -1.73. The number of aryl methyl sites for hydroxylation is 1. The van der Waals surface area contributed by atoms with Crippen molar-refractivity contribution >= 4 is 39.1 Å². The highest BCUT2D eigenvalue weighted by Crippen LogP contribution is 2.19. The van der Waals surface area contributed by atoms with E-state index in [1.807, 2.05) is 11.4 Å². The number of nitrogens with zero attached hydrogens (tertiary/aromatic N) is 1. The second-order valence-corrected chi connectivity index (χ2v) is 5.96. The molecular formula is C13H11BrN2O3S. The quantitative estimate of drug-likeness (QED) is 0.884. The number of thiophene rings is 1. The fraction of sp³-hybridized carbons (Fsp3) is 0.154. The molecule has 0 aliphatic rings. The Morgan fingerprint density at radius 3 is 2.75 bits per heavy atom. The van der Waals surface area contributed by atoms with E-state index in [0.717, 1.165) is 9.35 Å². The maximum Gasteiger partial charge on any atom is 0.337 e. The van der Waals surface area contributed by atoms with Crippen LogP contribution in [0.3, 0.4) is 0 Å². The minimum Gasteiger partial charge on any atom is -0.478 e. The molecule has 5 nitrogen and oxygen atoms in total. The van der Waals surface area contributed by atoms with Gasteiger partial charge in [-0.3, -0.25) is 4.79 Å². The van der Waals surface area contributed by atoms with Gasteiger partial charge in [0.25, 0.3) is 5.91 Å². The van der Waals surface area contributed by atoms with Crippen molar-refractivity contribution in [1.29, 1.82) is 0 Å². The highest BCUT2D eigenvalue weighted by atomic mass is 79.9. The number of aromatic nitrogens is 1. The van der Waals surface area contributed by atoms with Gasteiger partial charge in [0.1, 0.15) is 5.69 Å². The number of carboxylic acid groups (broad SMARTS) is 1. The maximum atomic E-state index is 11.9. The summed E-state index contributed by atoms with van der Waals surface area (Å²) in [6, 6.07) is 4.73. The van der Waals surface area contributed by atoms with Gasteiger partial charge < -0.3 is 10.4 Å². The van der Waals surface area contributed by atoms with E-state index < -0.39 is 5.97 Å². The summed E-state index contributed by atoms with van der Waals surface area (Å²) in [5.74, 6) is -1.38. The molecule has 0 saturated carbocycles.